The first-order valence-electron chi connectivity index (χ1n) is 16.4. The van der Waals surface area contributed by atoms with E-state index in [-0.39, 0.29) is 55.7 Å². The lowest BCUT2D eigenvalue weighted by Crippen LogP contribution is -2.70. The monoisotopic (exact) mass is 639 g/mol. The van der Waals surface area contributed by atoms with Crippen molar-refractivity contribution in [2.75, 3.05) is 18.1 Å². The highest BCUT2D eigenvalue weighted by Crippen LogP contribution is 2.70. The Morgan fingerprint density at radius 3 is 2.50 bits per heavy atom. The van der Waals surface area contributed by atoms with E-state index in [1.54, 1.807) is 12.4 Å². The van der Waals surface area contributed by atoms with Crippen molar-refractivity contribution in [3.05, 3.63) is 48.4 Å². The molecule has 3 unspecified atom stereocenters. The molecule has 8 nitrogen and oxygen atoms in total. The van der Waals surface area contributed by atoms with Gasteiger partial charge < -0.3 is 14.2 Å². The molecular formula is C34H37F4N5O3. The summed E-state index contributed by atoms with van der Waals surface area (Å²) in [6.07, 6.45) is 4.73. The van der Waals surface area contributed by atoms with Gasteiger partial charge in [-0.05, 0) is 94.2 Å². The van der Waals surface area contributed by atoms with Gasteiger partial charge in [-0.15, -0.1) is 0 Å². The lowest BCUT2D eigenvalue weighted by Gasteiger charge is -2.65. The van der Waals surface area contributed by atoms with Crippen molar-refractivity contribution in [3.8, 4) is 17.1 Å². The zero-order valence-electron chi connectivity index (χ0n) is 25.8. The molecule has 2 heterocycles. The molecule has 6 fully saturated rings. The Bertz CT molecular complexity index is 1630. The van der Waals surface area contributed by atoms with E-state index in [2.05, 4.69) is 20.1 Å². The molecule has 0 N–H and O–H groups in total. The molecule has 0 radical (unpaired) electrons. The third-order valence-electron chi connectivity index (χ3n) is 11.6. The smallest absolute Gasteiger partial charge is 0.403 e. The molecule has 6 aliphatic carbocycles. The molecule has 46 heavy (non-hydrogen) atoms. The van der Waals surface area contributed by atoms with Gasteiger partial charge in [0.25, 0.3) is 0 Å². The van der Waals surface area contributed by atoms with Gasteiger partial charge >= 0.3 is 12.2 Å². The highest BCUT2D eigenvalue weighted by Gasteiger charge is 2.73. The quantitative estimate of drug-likeness (QED) is 0.227. The van der Waals surface area contributed by atoms with Gasteiger partial charge in [0.05, 0.1) is 12.0 Å². The topological polar surface area (TPSA) is 94.2 Å². The van der Waals surface area contributed by atoms with Crippen LogP contribution in [0.2, 0.25) is 0 Å². The zero-order valence-corrected chi connectivity index (χ0v) is 25.8. The van der Waals surface area contributed by atoms with E-state index in [1.807, 2.05) is 36.1 Å². The van der Waals surface area contributed by atoms with E-state index >= 15 is 0 Å². The molecule has 2 aromatic heterocycles. The summed E-state index contributed by atoms with van der Waals surface area (Å²) in [5.41, 5.74) is -1.85. The van der Waals surface area contributed by atoms with Gasteiger partial charge in [-0.3, -0.25) is 4.79 Å². The van der Waals surface area contributed by atoms with E-state index in [1.165, 1.54) is 0 Å². The number of carbonyl (C=O) groups excluding carboxylic acids is 1. The van der Waals surface area contributed by atoms with Crippen molar-refractivity contribution in [2.24, 2.45) is 17.3 Å². The number of nitrogens with zero attached hydrogens (tertiary/aromatic N) is 5. The number of amides is 1. The van der Waals surface area contributed by atoms with E-state index in [9.17, 15) is 22.4 Å². The van der Waals surface area contributed by atoms with Crippen LogP contribution < -0.4 is 9.64 Å². The summed E-state index contributed by atoms with van der Waals surface area (Å²) in [4.78, 5) is 29.1. The maximum Gasteiger partial charge on any atom is 0.403 e. The van der Waals surface area contributed by atoms with Crippen LogP contribution in [0, 0.1) is 17.3 Å². The molecule has 3 atom stereocenters. The second-order valence-corrected chi connectivity index (χ2v) is 14.6. The van der Waals surface area contributed by atoms with Gasteiger partial charge in [0.15, 0.2) is 5.82 Å². The van der Waals surface area contributed by atoms with E-state index in [4.69, 9.17) is 9.26 Å². The van der Waals surface area contributed by atoms with Crippen molar-refractivity contribution < 1.29 is 31.6 Å². The number of carbonyl (C=O) groups is 1. The normalized spacial score (nSPS) is 32.2. The number of alkyl halides is 4. The highest BCUT2D eigenvalue weighted by atomic mass is 19.4. The van der Waals surface area contributed by atoms with Crippen LogP contribution in [0.1, 0.15) is 89.3 Å². The lowest BCUT2D eigenvalue weighted by molar-refractivity contribution is -0.211. The first-order valence-corrected chi connectivity index (χ1v) is 16.4. The third-order valence-corrected chi connectivity index (χ3v) is 11.6. The van der Waals surface area contributed by atoms with E-state index in [0.29, 0.717) is 25.0 Å². The summed E-state index contributed by atoms with van der Waals surface area (Å²) in [5.74, 6) is 0.511. The molecular weight excluding hydrogens is 602 g/mol. The number of benzene rings is 1. The number of halogens is 4. The standard InChI is InChI=1S/C34H37F4N5O3/c1-2-45-29-39-15-24(16-40-29)21-5-3-7-25(13-21)43(28(44)31-18-32(35,19-31)20-31)17-23-8-10-30(9-4-6-22(23)14-30)26-41-27(46-42-26)33(11-12-33)34(36,37)38/h3,5,7,13,15-16,22-23H,2,4,6,8-12,14,17-20H2,1H3. The van der Waals surface area contributed by atoms with Gasteiger partial charge in [-0.1, -0.05) is 30.1 Å². The number of fused-ring (bicyclic) bond motifs is 2. The molecule has 6 saturated carbocycles. The average Bonchev–Trinajstić information content (AvgIpc) is 3.69. The summed E-state index contributed by atoms with van der Waals surface area (Å²) in [5, 5.41) is 4.15. The number of rotatable bonds is 9. The first-order chi connectivity index (χ1) is 22.0. The van der Waals surface area contributed by atoms with Crippen molar-refractivity contribution in [1.29, 1.82) is 0 Å². The molecule has 12 heteroatoms. The maximum absolute atomic E-state index is 14.6. The summed E-state index contributed by atoms with van der Waals surface area (Å²) in [6, 6.07) is 8.05. The Morgan fingerprint density at radius 2 is 1.83 bits per heavy atom. The van der Waals surface area contributed by atoms with Crippen LogP contribution >= 0.6 is 0 Å². The summed E-state index contributed by atoms with van der Waals surface area (Å²) in [6.45, 7) is 2.83. The molecule has 3 aromatic rings. The second kappa shape index (κ2) is 10.2. The molecule has 9 rings (SSSR count). The van der Waals surface area contributed by atoms with Crippen molar-refractivity contribution in [3.63, 3.8) is 0 Å². The van der Waals surface area contributed by atoms with Crippen LogP contribution in [0.4, 0.5) is 23.2 Å². The van der Waals surface area contributed by atoms with Crippen molar-refractivity contribution in [2.45, 2.75) is 100 Å². The summed E-state index contributed by atoms with van der Waals surface area (Å²) >= 11 is 0. The van der Waals surface area contributed by atoms with Gasteiger partial charge in [-0.2, -0.15) is 18.2 Å². The van der Waals surface area contributed by atoms with Crippen LogP contribution in [-0.4, -0.2) is 51.0 Å². The number of hydrogen-bond donors (Lipinski definition) is 0. The maximum atomic E-state index is 14.6. The minimum Gasteiger partial charge on any atom is -0.464 e. The molecule has 244 valence electrons. The van der Waals surface area contributed by atoms with Crippen molar-refractivity contribution >= 4 is 11.6 Å². The fourth-order valence-electron chi connectivity index (χ4n) is 8.91. The molecule has 0 saturated heterocycles. The van der Waals surface area contributed by atoms with Crippen molar-refractivity contribution in [1.82, 2.24) is 20.1 Å². The van der Waals surface area contributed by atoms with Crippen LogP contribution in [-0.2, 0) is 15.6 Å². The fraction of sp³-hybridized carbons (Fsp3) is 0.618. The SMILES string of the molecule is CCOc1ncc(-c2cccc(N(CC3CCC4(c5noc(C6(C(F)(F)F)CC6)n5)CCCC3C4)C(=O)C34CC(F)(C3)C4)c2)cn1. The molecule has 0 aliphatic heterocycles. The first kappa shape index (κ1) is 29.8. The van der Waals surface area contributed by atoms with Crippen LogP contribution in [0.5, 0.6) is 6.01 Å². The molecule has 0 spiro atoms. The number of aromatic nitrogens is 4. The largest absolute Gasteiger partial charge is 0.464 e. The number of hydrogen-bond acceptors (Lipinski definition) is 7. The molecule has 1 aromatic carbocycles. The minimum absolute atomic E-state index is 0.0163. The molecule has 6 aliphatic rings. The van der Waals surface area contributed by atoms with Crippen LogP contribution in [0.25, 0.3) is 11.1 Å². The minimum atomic E-state index is -4.41. The second-order valence-electron chi connectivity index (χ2n) is 14.6. The molecule has 1 amide bonds. The Kier molecular flexibility index (Phi) is 6.62. The van der Waals surface area contributed by atoms with Gasteiger partial charge in [-0.25, -0.2) is 14.4 Å². The third kappa shape index (κ3) is 4.64. The summed E-state index contributed by atoms with van der Waals surface area (Å²) < 4.78 is 66.6. The summed E-state index contributed by atoms with van der Waals surface area (Å²) in [7, 11) is 0. The Hall–Kier alpha value is -3.57. The predicted molar refractivity (Wildman–Crippen MR) is 159 cm³/mol. The van der Waals surface area contributed by atoms with Gasteiger partial charge in [0.1, 0.15) is 11.1 Å². The lowest BCUT2D eigenvalue weighted by atomic mass is 9.42. The zero-order chi connectivity index (χ0) is 32.0. The number of ether oxygens (including phenoxy) is 1. The van der Waals surface area contributed by atoms with Gasteiger partial charge in [0.2, 0.25) is 11.8 Å². The van der Waals surface area contributed by atoms with Crippen LogP contribution in [0.3, 0.4) is 0 Å². The van der Waals surface area contributed by atoms with Crippen LogP contribution in [0.15, 0.2) is 41.2 Å². The Morgan fingerprint density at radius 1 is 1.07 bits per heavy atom. The average molecular weight is 640 g/mol. The molecule has 4 bridgehead atoms. The van der Waals surface area contributed by atoms with Gasteiger partial charge in [0, 0.05) is 35.6 Å². The predicted octanol–water partition coefficient (Wildman–Crippen LogP) is 7.28. The fourth-order valence-corrected chi connectivity index (χ4v) is 8.91. The Balaban J connectivity index is 1.05. The number of anilines is 1. The van der Waals surface area contributed by atoms with E-state index < -0.39 is 28.1 Å². The highest BCUT2D eigenvalue weighted by molar-refractivity contribution is 6.00. The Labute approximate surface area is 264 Å². The van der Waals surface area contributed by atoms with E-state index in [0.717, 1.165) is 55.3 Å².